The third-order valence-electron chi connectivity index (χ3n) is 8.75. The smallest absolute Gasteiger partial charge is 0.228 e. The molecule has 0 saturated heterocycles. The molecule has 47 heavy (non-hydrogen) atoms. The second-order valence-corrected chi connectivity index (χ2v) is 13.5. The summed E-state index contributed by atoms with van der Waals surface area (Å²) in [5.74, 6) is -3.86. The Bertz CT molecular complexity index is 2080. The van der Waals surface area contributed by atoms with Gasteiger partial charge in [0.15, 0.2) is 5.78 Å². The molecule has 0 atom stereocenters. The summed E-state index contributed by atoms with van der Waals surface area (Å²) in [6, 6.07) is 33.4. The van der Waals surface area contributed by atoms with Crippen molar-refractivity contribution in [1.29, 1.82) is 0 Å². The number of aliphatic hydroxyl groups is 1. The van der Waals surface area contributed by atoms with E-state index in [2.05, 4.69) is 91.0 Å². The number of aliphatic hydroxyl groups excluding tert-OH is 1. The second kappa shape index (κ2) is 15.9. The van der Waals surface area contributed by atoms with Crippen LogP contribution < -0.4 is 16.4 Å². The topological polar surface area (TPSA) is 50.2 Å². The molecule has 3 heterocycles. The van der Waals surface area contributed by atoms with Crippen molar-refractivity contribution >= 4 is 63.2 Å². The van der Waals surface area contributed by atoms with Crippen LogP contribution in [0.25, 0.3) is 22.0 Å². The van der Waals surface area contributed by atoms with Gasteiger partial charge in [-0.3, -0.25) is 4.79 Å². The molecule has 0 aliphatic carbocycles. The molecule has 7 heteroatoms. The van der Waals surface area contributed by atoms with Gasteiger partial charge in [0, 0.05) is 56.7 Å². The molecule has 2 aliphatic heterocycles. The van der Waals surface area contributed by atoms with E-state index in [9.17, 15) is 9.90 Å². The van der Waals surface area contributed by atoms with E-state index in [-0.39, 0.29) is 26.8 Å². The summed E-state index contributed by atoms with van der Waals surface area (Å²) in [6.07, 6.45) is 3.22. The van der Waals surface area contributed by atoms with E-state index in [1.165, 1.54) is 41.4 Å². The summed E-state index contributed by atoms with van der Waals surface area (Å²) in [4.78, 5) is 22.2. The number of benzene rings is 4. The van der Waals surface area contributed by atoms with E-state index in [0.29, 0.717) is 25.7 Å². The molecule has 0 unspecified atom stereocenters. The number of carbonyl (C=O) groups is 1. The average Bonchev–Trinajstić information content (AvgIpc) is 3.16. The maximum atomic E-state index is 12.1. The summed E-state index contributed by atoms with van der Waals surface area (Å²) >= 11 is 3.76. The predicted octanol–water partition coefficient (Wildman–Crippen LogP) is 9.01. The summed E-state index contributed by atoms with van der Waals surface area (Å²) in [6.45, 7) is 7.16. The molecule has 2 aliphatic rings. The number of hydrogen-bond donors (Lipinski definition) is 1. The summed E-state index contributed by atoms with van der Waals surface area (Å²) in [5, 5.41) is 12.3. The predicted molar refractivity (Wildman–Crippen MR) is 196 cm³/mol. The van der Waals surface area contributed by atoms with Gasteiger partial charge in [0.25, 0.3) is 0 Å². The number of nitrogens with zero attached hydrogens (tertiary/aromatic N) is 1. The molecule has 0 fully saturated rings. The molecular formula is C40H39BIrNO2S2-. The van der Waals surface area contributed by atoms with E-state index < -0.39 is 29.4 Å². The van der Waals surface area contributed by atoms with Crippen LogP contribution in [0, 0.1) is 17.9 Å². The molecule has 3 nitrogen and oxygen atoms in total. The molecule has 1 radical (unpaired) electrons. The van der Waals surface area contributed by atoms with Crippen LogP contribution in [0.2, 0.25) is 0 Å². The minimum Gasteiger partial charge on any atom is -0.512 e. The Kier molecular flexibility index (Phi) is 10.5. The number of ketones is 1. The van der Waals surface area contributed by atoms with Gasteiger partial charge in [0.05, 0.1) is 7.13 Å². The first-order valence-electron chi connectivity index (χ1n) is 17.5. The SMILES string of the molecule is [2H]/C(C(=O)C([2H])(CC)CC)=C(/O)C([2H])(CC)CC.[Ir].[c-]1ccc2c(c1-c1cc3ccccc3cn1)Sc1cccc3c1B2c1ccccc1S3. The van der Waals surface area contributed by atoms with Crippen LogP contribution in [0.15, 0.2) is 123 Å². The first kappa shape index (κ1) is 31.2. The van der Waals surface area contributed by atoms with Gasteiger partial charge < -0.3 is 10.1 Å². The number of pyridine rings is 1. The van der Waals surface area contributed by atoms with Crippen LogP contribution in [0.4, 0.5) is 0 Å². The first-order chi connectivity index (χ1) is 23.6. The van der Waals surface area contributed by atoms with Crippen LogP contribution in [-0.4, -0.2) is 22.6 Å². The molecule has 0 amide bonds. The number of allylic oxidation sites excluding steroid dienone is 2. The number of aromatic nitrogens is 1. The zero-order valence-corrected chi connectivity index (χ0v) is 31.0. The third-order valence-corrected chi connectivity index (χ3v) is 11.1. The normalized spacial score (nSPS) is 14.5. The average molecular weight is 836 g/mol. The Hall–Kier alpha value is -3.09. The molecule has 241 valence electrons. The molecule has 1 aromatic heterocycles. The zero-order chi connectivity index (χ0) is 34.9. The van der Waals surface area contributed by atoms with Gasteiger partial charge in [-0.25, -0.2) is 0 Å². The standard InChI is InChI=1S/C27H15BNS2.C13H24O2.Ir/c1-2-8-18-16-29-22(15-17(18)7-1)19-9-5-11-21-27(19)31-25-14-6-13-24-26(25)28(21)20-10-3-4-12-23(20)30-24;1-5-10(6-2)12(14)9-13(15)11(7-3)8-4;/h1-8,10-16H;9-11,14H,5-8H2,1-4H3;/q-1;;/b;12-9-;/i;9D,10D,11D;. The maximum absolute atomic E-state index is 12.1. The first-order valence-corrected chi connectivity index (χ1v) is 17.6. The van der Waals surface area contributed by atoms with Gasteiger partial charge in [-0.15, -0.1) is 41.0 Å². The van der Waals surface area contributed by atoms with Gasteiger partial charge >= 0.3 is 0 Å². The van der Waals surface area contributed by atoms with Crippen molar-refractivity contribution in [3.05, 3.63) is 109 Å². The van der Waals surface area contributed by atoms with E-state index in [4.69, 9.17) is 9.10 Å². The van der Waals surface area contributed by atoms with Crippen molar-refractivity contribution < 1.29 is 34.1 Å². The molecule has 5 aromatic rings. The van der Waals surface area contributed by atoms with Crippen molar-refractivity contribution in [1.82, 2.24) is 4.98 Å². The number of carbonyl (C=O) groups excluding carboxylic acids is 1. The largest absolute Gasteiger partial charge is 0.512 e. The Balaban J connectivity index is 0.000000223. The Morgan fingerprint density at radius 3 is 2.23 bits per heavy atom. The van der Waals surface area contributed by atoms with Gasteiger partial charge in [-0.2, -0.15) is 0 Å². The van der Waals surface area contributed by atoms with E-state index >= 15 is 0 Å². The summed E-state index contributed by atoms with van der Waals surface area (Å²) in [5.41, 5.74) is 6.30. The van der Waals surface area contributed by atoms with Crippen LogP contribution in [-0.2, 0) is 24.9 Å². The van der Waals surface area contributed by atoms with Gasteiger partial charge in [0.1, 0.15) is 0 Å². The second-order valence-electron chi connectivity index (χ2n) is 11.3. The van der Waals surface area contributed by atoms with E-state index in [0.717, 1.165) is 16.6 Å². The maximum Gasteiger partial charge on any atom is 0.228 e. The van der Waals surface area contributed by atoms with Crippen LogP contribution in [0.3, 0.4) is 0 Å². The van der Waals surface area contributed by atoms with Gasteiger partial charge in [0.2, 0.25) is 6.71 Å². The molecule has 0 bridgehead atoms. The fourth-order valence-electron chi connectivity index (χ4n) is 6.19. The van der Waals surface area contributed by atoms with Crippen LogP contribution in [0.5, 0.6) is 0 Å². The molecule has 0 spiro atoms. The number of rotatable bonds is 8. The Morgan fingerprint density at radius 2 is 1.51 bits per heavy atom. The fourth-order valence-corrected chi connectivity index (χ4v) is 8.70. The molecule has 0 saturated carbocycles. The molecule has 1 N–H and O–H groups in total. The molecule has 7 rings (SSSR count). The summed E-state index contributed by atoms with van der Waals surface area (Å²) in [7, 11) is 0. The minimum absolute atomic E-state index is 0. The minimum atomic E-state index is -1.37. The van der Waals surface area contributed by atoms with Crippen molar-refractivity contribution in [2.24, 2.45) is 11.8 Å². The van der Waals surface area contributed by atoms with Crippen molar-refractivity contribution in [3.63, 3.8) is 0 Å². The fraction of sp³-hybridized carbons (Fsp3) is 0.250. The summed E-state index contributed by atoms with van der Waals surface area (Å²) < 4.78 is 23.8. The monoisotopic (exact) mass is 836 g/mol. The number of hydrogen-bond acceptors (Lipinski definition) is 5. The Labute approximate surface area is 305 Å². The zero-order valence-electron chi connectivity index (χ0n) is 30.0. The van der Waals surface area contributed by atoms with Crippen molar-refractivity contribution in [2.75, 3.05) is 0 Å². The number of fused-ring (bicyclic) bond motifs is 5. The third kappa shape index (κ3) is 7.20. The van der Waals surface area contributed by atoms with Crippen LogP contribution in [0.1, 0.15) is 57.5 Å². The van der Waals surface area contributed by atoms with Gasteiger partial charge in [-0.05, 0) is 70.7 Å². The van der Waals surface area contributed by atoms with Crippen LogP contribution >= 0.6 is 23.5 Å². The molecule has 4 aromatic carbocycles. The quantitative estimate of drug-likeness (QED) is 0.0718. The Morgan fingerprint density at radius 1 is 0.872 bits per heavy atom. The van der Waals surface area contributed by atoms with Crippen molar-refractivity contribution in [3.8, 4) is 11.3 Å². The van der Waals surface area contributed by atoms with E-state index in [1.54, 1.807) is 27.7 Å². The van der Waals surface area contributed by atoms with Crippen molar-refractivity contribution in [2.45, 2.75) is 73.0 Å². The van der Waals surface area contributed by atoms with Gasteiger partial charge in [-0.1, -0.05) is 104 Å². The molecular weight excluding hydrogens is 794 g/mol. The van der Waals surface area contributed by atoms with E-state index in [1.807, 2.05) is 29.7 Å².